The van der Waals surface area contributed by atoms with Crippen LogP contribution in [-0.4, -0.2) is 47.5 Å². The molecule has 0 atom stereocenters. The molecule has 4 N–H and O–H groups in total. The number of nitrogens with two attached hydrogens (primary N) is 1. The molecule has 1 aliphatic carbocycles. The van der Waals surface area contributed by atoms with Crippen LogP contribution in [0.5, 0.6) is 5.75 Å². The van der Waals surface area contributed by atoms with Gasteiger partial charge in [0.2, 0.25) is 5.95 Å². The number of hydrogen-bond acceptors (Lipinski definition) is 9. The highest BCUT2D eigenvalue weighted by atomic mass is 16.5. The summed E-state index contributed by atoms with van der Waals surface area (Å²) in [6.07, 6.45) is 8.86. The topological polar surface area (TPSA) is 151 Å². The summed E-state index contributed by atoms with van der Waals surface area (Å²) in [5.41, 5.74) is 7.70. The molecule has 1 amide bonds. The number of ether oxygens (including phenoxy) is 1. The second-order valence-electron chi connectivity index (χ2n) is 7.64. The van der Waals surface area contributed by atoms with Gasteiger partial charge in [-0.15, -0.1) is 0 Å². The highest BCUT2D eigenvalue weighted by molar-refractivity contribution is 5.98. The third-order valence-corrected chi connectivity index (χ3v) is 5.15. The predicted molar refractivity (Wildman–Crippen MR) is 121 cm³/mol. The van der Waals surface area contributed by atoms with Crippen LogP contribution in [0.3, 0.4) is 0 Å². The zero-order chi connectivity index (χ0) is 22.9. The van der Waals surface area contributed by atoms with Gasteiger partial charge in [-0.05, 0) is 25.0 Å². The maximum atomic E-state index is 12.0. The minimum absolute atomic E-state index is 0.137. The number of methoxy groups -OCH3 is 1. The summed E-state index contributed by atoms with van der Waals surface area (Å²) < 4.78 is 9.15. The van der Waals surface area contributed by atoms with Crippen LogP contribution in [0.2, 0.25) is 0 Å². The largest absolute Gasteiger partial charge is 0.494 e. The summed E-state index contributed by atoms with van der Waals surface area (Å²) in [4.78, 5) is 25.0. The number of hydrogen-bond donors (Lipinski definition) is 3. The minimum Gasteiger partial charge on any atom is -0.494 e. The molecule has 1 fully saturated rings. The number of amides is 1. The van der Waals surface area contributed by atoms with E-state index in [9.17, 15) is 4.79 Å². The van der Waals surface area contributed by atoms with Crippen LogP contribution in [0.4, 0.5) is 23.1 Å². The third-order valence-electron chi connectivity index (χ3n) is 5.15. The van der Waals surface area contributed by atoms with Gasteiger partial charge in [0.15, 0.2) is 11.6 Å². The normalized spacial score (nSPS) is 13.0. The van der Waals surface area contributed by atoms with E-state index in [0.29, 0.717) is 34.8 Å². The van der Waals surface area contributed by atoms with Crippen molar-refractivity contribution < 1.29 is 9.53 Å². The van der Waals surface area contributed by atoms with Crippen LogP contribution in [0.1, 0.15) is 29.2 Å². The van der Waals surface area contributed by atoms with Gasteiger partial charge in [0.25, 0.3) is 5.91 Å². The Labute approximate surface area is 188 Å². The molecule has 12 nitrogen and oxygen atoms in total. The van der Waals surface area contributed by atoms with Crippen molar-refractivity contribution in [2.75, 3.05) is 17.7 Å². The van der Waals surface area contributed by atoms with E-state index in [-0.39, 0.29) is 11.4 Å². The molecule has 12 heteroatoms. The zero-order valence-electron chi connectivity index (χ0n) is 18.1. The summed E-state index contributed by atoms with van der Waals surface area (Å²) in [6, 6.07) is 5.93. The predicted octanol–water partition coefficient (Wildman–Crippen LogP) is 2.40. The Bertz CT molecular complexity index is 1320. The molecule has 0 bridgehead atoms. The number of aryl methyl sites for hydroxylation is 1. The Balaban J connectivity index is 1.47. The zero-order valence-corrected chi connectivity index (χ0v) is 18.1. The second-order valence-corrected chi connectivity index (χ2v) is 7.64. The Morgan fingerprint density at radius 3 is 2.76 bits per heavy atom. The molecular formula is C21H22N10O2. The van der Waals surface area contributed by atoms with E-state index in [0.717, 1.165) is 18.5 Å². The van der Waals surface area contributed by atoms with Crippen molar-refractivity contribution in [3.63, 3.8) is 0 Å². The Kier molecular flexibility index (Phi) is 5.09. The van der Waals surface area contributed by atoms with Gasteiger partial charge in [0.1, 0.15) is 17.7 Å². The van der Waals surface area contributed by atoms with E-state index in [2.05, 4.69) is 35.8 Å². The lowest BCUT2D eigenvalue weighted by Gasteiger charge is -2.15. The van der Waals surface area contributed by atoms with Crippen LogP contribution in [-0.2, 0) is 7.05 Å². The first-order valence-corrected chi connectivity index (χ1v) is 10.3. The van der Waals surface area contributed by atoms with Gasteiger partial charge in [-0.3, -0.25) is 14.2 Å². The number of benzene rings is 1. The number of nitrogens with one attached hydrogen (secondary N) is 2. The van der Waals surface area contributed by atoms with Crippen LogP contribution < -0.4 is 21.1 Å². The van der Waals surface area contributed by atoms with E-state index in [1.54, 1.807) is 37.4 Å². The van der Waals surface area contributed by atoms with Gasteiger partial charge in [0.05, 0.1) is 36.3 Å². The van der Waals surface area contributed by atoms with E-state index in [4.69, 9.17) is 10.5 Å². The van der Waals surface area contributed by atoms with Crippen molar-refractivity contribution in [2.45, 2.75) is 18.9 Å². The molecule has 0 spiro atoms. The molecule has 1 saturated carbocycles. The van der Waals surface area contributed by atoms with Crippen LogP contribution in [0.15, 0.2) is 43.1 Å². The number of anilines is 4. The van der Waals surface area contributed by atoms with E-state index in [1.807, 2.05) is 23.0 Å². The Hall–Kier alpha value is -4.48. The van der Waals surface area contributed by atoms with Crippen LogP contribution in [0.25, 0.3) is 11.4 Å². The van der Waals surface area contributed by atoms with Gasteiger partial charge < -0.3 is 21.1 Å². The van der Waals surface area contributed by atoms with Gasteiger partial charge in [-0.2, -0.15) is 15.2 Å². The Morgan fingerprint density at radius 1 is 1.21 bits per heavy atom. The van der Waals surface area contributed by atoms with Crippen LogP contribution in [0, 0.1) is 0 Å². The summed E-state index contributed by atoms with van der Waals surface area (Å²) >= 11 is 0. The molecule has 1 aliphatic rings. The number of carbonyl (C=O) groups is 1. The van der Waals surface area contributed by atoms with Crippen molar-refractivity contribution in [1.29, 1.82) is 0 Å². The molecule has 0 unspecified atom stereocenters. The maximum Gasteiger partial charge on any atom is 0.254 e. The first-order valence-electron chi connectivity index (χ1n) is 10.3. The van der Waals surface area contributed by atoms with Crippen molar-refractivity contribution in [3.05, 3.63) is 48.7 Å². The van der Waals surface area contributed by atoms with Gasteiger partial charge in [0, 0.05) is 19.4 Å². The third kappa shape index (κ3) is 4.18. The summed E-state index contributed by atoms with van der Waals surface area (Å²) in [7, 11) is 3.33. The first kappa shape index (κ1) is 20.4. The van der Waals surface area contributed by atoms with E-state index in [1.165, 1.54) is 6.20 Å². The molecule has 1 aromatic carbocycles. The fourth-order valence-corrected chi connectivity index (χ4v) is 3.41. The molecule has 5 rings (SSSR count). The highest BCUT2D eigenvalue weighted by Crippen LogP contribution is 2.37. The lowest BCUT2D eigenvalue weighted by molar-refractivity contribution is 0.100. The smallest absolute Gasteiger partial charge is 0.254 e. The molecule has 4 aromatic rings. The molecular weight excluding hydrogens is 424 g/mol. The van der Waals surface area contributed by atoms with Crippen molar-refractivity contribution in [1.82, 2.24) is 34.5 Å². The highest BCUT2D eigenvalue weighted by Gasteiger charge is 2.24. The quantitative estimate of drug-likeness (QED) is 0.370. The SMILES string of the molecule is COc1c(Nc2nc(Nc3cnn(C4CC4)c3)ncc2C(N)=O)cccc1-c1ncn(C)n1. The standard InChI is InChI=1S/C21H22N10O2/c1-30-11-24-19(29-30)14-4-3-5-16(17(14)33-2)27-20-15(18(22)32)9-23-21(28-20)26-12-8-25-31(10-12)13-6-7-13/h3-5,8-11,13H,6-7H2,1-2H3,(H2,22,32)(H2,23,26,27,28). The molecule has 33 heavy (non-hydrogen) atoms. The summed E-state index contributed by atoms with van der Waals surface area (Å²) in [6.45, 7) is 0. The van der Waals surface area contributed by atoms with Crippen LogP contribution >= 0.6 is 0 Å². The average Bonchev–Trinajstić information content (AvgIpc) is 3.40. The van der Waals surface area contributed by atoms with E-state index >= 15 is 0 Å². The fraction of sp³-hybridized carbons (Fsp3) is 0.238. The molecule has 0 aliphatic heterocycles. The number of para-hydroxylation sites is 1. The van der Waals surface area contributed by atoms with Crippen molar-refractivity contribution >= 4 is 29.0 Å². The number of aromatic nitrogens is 7. The van der Waals surface area contributed by atoms with Gasteiger partial charge in [-0.25, -0.2) is 9.97 Å². The lowest BCUT2D eigenvalue weighted by Crippen LogP contribution is -2.16. The van der Waals surface area contributed by atoms with E-state index < -0.39 is 5.91 Å². The average molecular weight is 446 g/mol. The van der Waals surface area contributed by atoms with Crippen molar-refractivity contribution in [3.8, 4) is 17.1 Å². The Morgan fingerprint density at radius 2 is 2.06 bits per heavy atom. The molecule has 3 heterocycles. The van der Waals surface area contributed by atoms with Gasteiger partial charge in [-0.1, -0.05) is 6.07 Å². The second kappa shape index (κ2) is 8.22. The number of nitrogens with zero attached hydrogens (tertiary/aromatic N) is 7. The number of primary amides is 1. The summed E-state index contributed by atoms with van der Waals surface area (Å²) in [5.74, 6) is 0.870. The first-order chi connectivity index (χ1) is 16.0. The monoisotopic (exact) mass is 446 g/mol. The molecule has 0 saturated heterocycles. The van der Waals surface area contributed by atoms with Crippen molar-refractivity contribution in [2.24, 2.45) is 12.8 Å². The van der Waals surface area contributed by atoms with Gasteiger partial charge >= 0.3 is 0 Å². The molecule has 0 radical (unpaired) electrons. The number of rotatable bonds is 8. The lowest BCUT2D eigenvalue weighted by atomic mass is 10.1. The molecule has 168 valence electrons. The fourth-order valence-electron chi connectivity index (χ4n) is 3.41. The summed E-state index contributed by atoms with van der Waals surface area (Å²) in [5, 5.41) is 15.0. The number of carbonyl (C=O) groups excluding carboxylic acids is 1. The maximum absolute atomic E-state index is 12.0. The molecule has 3 aromatic heterocycles. The minimum atomic E-state index is -0.660.